The summed E-state index contributed by atoms with van der Waals surface area (Å²) in [6, 6.07) is 12.1. The van der Waals surface area contributed by atoms with Crippen LogP contribution in [-0.2, 0) is 33.8 Å². The summed E-state index contributed by atoms with van der Waals surface area (Å²) in [4.78, 5) is 16.2. The van der Waals surface area contributed by atoms with Gasteiger partial charge in [0.1, 0.15) is 11.4 Å². The van der Waals surface area contributed by atoms with E-state index in [1.165, 1.54) is 19.1 Å². The Kier molecular flexibility index (Phi) is 8.87. The second kappa shape index (κ2) is 11.7. The van der Waals surface area contributed by atoms with Gasteiger partial charge in [0.25, 0.3) is 0 Å². The SMILES string of the molecule is C[C@@H](NC(=O)/C=C\c1ccc(C(F)(F)F)nc1CCc1ccccc1)c1cc(F)c(NS(C)(=O)=O)c(F)c1. The summed E-state index contributed by atoms with van der Waals surface area (Å²) >= 11 is 0. The van der Waals surface area contributed by atoms with Gasteiger partial charge in [-0.2, -0.15) is 13.2 Å². The van der Waals surface area contributed by atoms with E-state index in [-0.39, 0.29) is 17.7 Å². The van der Waals surface area contributed by atoms with Gasteiger partial charge < -0.3 is 5.32 Å². The average Bonchev–Trinajstić information content (AvgIpc) is 2.83. The average molecular weight is 554 g/mol. The molecule has 6 nitrogen and oxygen atoms in total. The maximum atomic E-state index is 14.3. The van der Waals surface area contributed by atoms with Crippen molar-refractivity contribution in [1.82, 2.24) is 10.3 Å². The number of nitrogens with one attached hydrogen (secondary N) is 2. The van der Waals surface area contributed by atoms with E-state index >= 15 is 0 Å². The third-order valence-corrected chi connectivity index (χ3v) is 5.99. The van der Waals surface area contributed by atoms with Crippen LogP contribution in [0.15, 0.2) is 60.7 Å². The van der Waals surface area contributed by atoms with Crippen LogP contribution < -0.4 is 10.0 Å². The van der Waals surface area contributed by atoms with Crippen LogP contribution in [0, 0.1) is 11.6 Å². The number of hydrogen-bond acceptors (Lipinski definition) is 4. The van der Waals surface area contributed by atoms with E-state index in [2.05, 4.69) is 10.3 Å². The smallest absolute Gasteiger partial charge is 0.346 e. The van der Waals surface area contributed by atoms with Crippen molar-refractivity contribution in [2.45, 2.75) is 32.0 Å². The van der Waals surface area contributed by atoms with Crippen LogP contribution in [0.5, 0.6) is 0 Å². The first-order valence-electron chi connectivity index (χ1n) is 11.3. The Balaban J connectivity index is 1.76. The second-order valence-electron chi connectivity index (χ2n) is 8.51. The highest BCUT2D eigenvalue weighted by Crippen LogP contribution is 2.29. The molecule has 1 amide bonds. The molecule has 3 rings (SSSR count). The molecule has 0 bridgehead atoms. The summed E-state index contributed by atoms with van der Waals surface area (Å²) in [5, 5.41) is 2.50. The zero-order valence-electron chi connectivity index (χ0n) is 20.3. The molecule has 2 N–H and O–H groups in total. The molecule has 0 aliphatic heterocycles. The number of anilines is 1. The standard InChI is InChI=1S/C26H24F5N3O3S/c1-16(19-14-20(27)25(21(28)15-19)34-38(2,36)37)32-24(35)13-10-18-9-12-23(26(29,30)31)33-22(18)11-8-17-6-4-3-5-7-17/h3-7,9-10,12-16,34H,8,11H2,1-2H3,(H,32,35)/b13-10-/t16-/m1/s1. The Morgan fingerprint density at radius 2 is 1.66 bits per heavy atom. The number of amides is 1. The lowest BCUT2D eigenvalue weighted by atomic mass is 10.0. The monoisotopic (exact) mass is 553 g/mol. The van der Waals surface area contributed by atoms with Crippen molar-refractivity contribution in [1.29, 1.82) is 0 Å². The fourth-order valence-corrected chi connectivity index (χ4v) is 4.13. The molecule has 0 saturated carbocycles. The summed E-state index contributed by atoms with van der Waals surface area (Å²) in [6.45, 7) is 1.45. The van der Waals surface area contributed by atoms with Crippen LogP contribution in [-0.4, -0.2) is 25.6 Å². The van der Waals surface area contributed by atoms with Gasteiger partial charge in [-0.05, 0) is 60.7 Å². The Morgan fingerprint density at radius 3 is 2.24 bits per heavy atom. The molecule has 12 heteroatoms. The normalized spacial score (nSPS) is 12.9. The van der Waals surface area contributed by atoms with Gasteiger partial charge in [-0.3, -0.25) is 9.52 Å². The molecule has 1 aromatic heterocycles. The number of sulfonamides is 1. The van der Waals surface area contributed by atoms with Crippen molar-refractivity contribution >= 4 is 27.7 Å². The first-order chi connectivity index (χ1) is 17.7. The van der Waals surface area contributed by atoms with Gasteiger partial charge in [0.05, 0.1) is 12.3 Å². The predicted octanol–water partition coefficient (Wildman–Crippen LogP) is 5.43. The molecule has 0 aliphatic rings. The molecular weight excluding hydrogens is 529 g/mol. The summed E-state index contributed by atoms with van der Waals surface area (Å²) < 4.78 is 92.5. The molecule has 0 fully saturated rings. The summed E-state index contributed by atoms with van der Waals surface area (Å²) in [7, 11) is -3.92. The number of rotatable bonds is 9. The summed E-state index contributed by atoms with van der Waals surface area (Å²) in [5.74, 6) is -3.01. The highest BCUT2D eigenvalue weighted by molar-refractivity contribution is 7.92. The Morgan fingerprint density at radius 1 is 1.03 bits per heavy atom. The van der Waals surface area contributed by atoms with Crippen molar-refractivity contribution < 1.29 is 35.2 Å². The number of pyridine rings is 1. The lowest BCUT2D eigenvalue weighted by molar-refractivity contribution is -0.141. The minimum absolute atomic E-state index is 0.0283. The molecule has 0 spiro atoms. The number of benzene rings is 2. The molecule has 0 unspecified atom stereocenters. The minimum Gasteiger partial charge on any atom is -0.346 e. The number of aromatic nitrogens is 1. The molecule has 2 aromatic carbocycles. The molecular formula is C26H24F5N3O3S. The highest BCUT2D eigenvalue weighted by atomic mass is 32.2. The third kappa shape index (κ3) is 8.10. The number of aryl methyl sites for hydroxylation is 2. The molecule has 0 saturated heterocycles. The van der Waals surface area contributed by atoms with E-state index < -0.39 is 51.2 Å². The number of alkyl halides is 3. The van der Waals surface area contributed by atoms with Crippen LogP contribution in [0.1, 0.15) is 41.0 Å². The van der Waals surface area contributed by atoms with Gasteiger partial charge >= 0.3 is 6.18 Å². The fourth-order valence-electron chi connectivity index (χ4n) is 3.57. The molecule has 1 atom stereocenters. The van der Waals surface area contributed by atoms with Crippen molar-refractivity contribution in [2.75, 3.05) is 11.0 Å². The second-order valence-corrected chi connectivity index (χ2v) is 10.3. The van der Waals surface area contributed by atoms with Gasteiger partial charge in [-0.15, -0.1) is 0 Å². The Bertz CT molecular complexity index is 1420. The first kappa shape index (κ1) is 28.8. The largest absolute Gasteiger partial charge is 0.433 e. The first-order valence-corrected chi connectivity index (χ1v) is 13.2. The van der Waals surface area contributed by atoms with Crippen LogP contribution in [0.2, 0.25) is 0 Å². The van der Waals surface area contributed by atoms with Gasteiger partial charge in [0, 0.05) is 11.8 Å². The van der Waals surface area contributed by atoms with E-state index in [0.717, 1.165) is 36.1 Å². The Labute approximate surface area is 216 Å². The van der Waals surface area contributed by atoms with Crippen LogP contribution >= 0.6 is 0 Å². The van der Waals surface area contributed by atoms with Crippen molar-refractivity contribution in [3.05, 3.63) is 100 Å². The maximum Gasteiger partial charge on any atom is 0.433 e. The third-order valence-electron chi connectivity index (χ3n) is 5.42. The van der Waals surface area contributed by atoms with E-state index in [1.807, 2.05) is 30.3 Å². The van der Waals surface area contributed by atoms with E-state index in [1.54, 1.807) is 4.72 Å². The summed E-state index contributed by atoms with van der Waals surface area (Å²) in [5.41, 5.74) is -0.490. The van der Waals surface area contributed by atoms with Gasteiger partial charge in [0.15, 0.2) is 11.6 Å². The van der Waals surface area contributed by atoms with Gasteiger partial charge in [0.2, 0.25) is 15.9 Å². The maximum absolute atomic E-state index is 14.3. The fraction of sp³-hybridized carbons (Fsp3) is 0.231. The van der Waals surface area contributed by atoms with Crippen LogP contribution in [0.25, 0.3) is 6.08 Å². The zero-order valence-corrected chi connectivity index (χ0v) is 21.1. The van der Waals surface area contributed by atoms with Crippen molar-refractivity contribution in [3.63, 3.8) is 0 Å². The molecule has 0 radical (unpaired) electrons. The van der Waals surface area contributed by atoms with E-state index in [4.69, 9.17) is 0 Å². The quantitative estimate of drug-likeness (QED) is 0.274. The van der Waals surface area contributed by atoms with Crippen LogP contribution in [0.4, 0.5) is 27.6 Å². The van der Waals surface area contributed by atoms with Crippen molar-refractivity contribution in [2.24, 2.45) is 0 Å². The minimum atomic E-state index is -4.63. The predicted molar refractivity (Wildman–Crippen MR) is 134 cm³/mol. The van der Waals surface area contributed by atoms with Crippen molar-refractivity contribution in [3.8, 4) is 0 Å². The number of carbonyl (C=O) groups is 1. The molecule has 3 aromatic rings. The number of hydrogen-bond donors (Lipinski definition) is 2. The lowest BCUT2D eigenvalue weighted by Gasteiger charge is -2.15. The Hall–Kier alpha value is -3.80. The lowest BCUT2D eigenvalue weighted by Crippen LogP contribution is -2.25. The van der Waals surface area contributed by atoms with E-state index in [9.17, 15) is 35.2 Å². The number of nitrogens with zero attached hydrogens (tertiary/aromatic N) is 1. The highest BCUT2D eigenvalue weighted by Gasteiger charge is 2.32. The molecule has 1 heterocycles. The topological polar surface area (TPSA) is 88.2 Å². The van der Waals surface area contributed by atoms with E-state index in [0.29, 0.717) is 12.0 Å². The van der Waals surface area contributed by atoms with Gasteiger partial charge in [-0.25, -0.2) is 22.2 Å². The molecule has 0 aliphatic carbocycles. The summed E-state index contributed by atoms with van der Waals surface area (Å²) in [6.07, 6.45) is -0.866. The molecule has 38 heavy (non-hydrogen) atoms. The van der Waals surface area contributed by atoms with Gasteiger partial charge in [-0.1, -0.05) is 36.4 Å². The number of halogens is 5. The van der Waals surface area contributed by atoms with Crippen LogP contribution in [0.3, 0.4) is 0 Å². The zero-order chi connectivity index (χ0) is 28.1. The molecule has 202 valence electrons. The number of carbonyl (C=O) groups excluding carboxylic acids is 1.